The van der Waals surface area contributed by atoms with Crippen molar-refractivity contribution in [3.8, 4) is 0 Å². The smallest absolute Gasteiger partial charge is 0.329 e. The van der Waals surface area contributed by atoms with Crippen LogP contribution in [0.5, 0.6) is 0 Å². The van der Waals surface area contributed by atoms with E-state index in [0.717, 1.165) is 56.2 Å². The van der Waals surface area contributed by atoms with E-state index >= 15 is 0 Å². The van der Waals surface area contributed by atoms with Crippen molar-refractivity contribution in [1.82, 2.24) is 9.71 Å². The van der Waals surface area contributed by atoms with Crippen LogP contribution in [0.1, 0.15) is 54.6 Å². The Kier molecular flexibility index (Phi) is 4.44. The van der Waals surface area contributed by atoms with Crippen molar-refractivity contribution in [1.29, 1.82) is 0 Å². The standard InChI is InChI=1S/C19H23N3O3S/c1-19(2,24)15-10-25-18(20-15)26-22-17(23)21-16-13-7-3-5-11(13)9-12-6-4-8-14(12)16/h9-10,24H,3-8H2,1-2H3,(H2,21,22,23). The number of nitrogens with one attached hydrogen (secondary N) is 2. The van der Waals surface area contributed by atoms with Gasteiger partial charge in [0.1, 0.15) is 17.6 Å². The lowest BCUT2D eigenvalue weighted by molar-refractivity contribution is 0.0736. The van der Waals surface area contributed by atoms with E-state index in [1.54, 1.807) is 13.8 Å². The van der Waals surface area contributed by atoms with E-state index in [-0.39, 0.29) is 6.03 Å². The topological polar surface area (TPSA) is 87.4 Å². The highest BCUT2D eigenvalue weighted by atomic mass is 32.2. The minimum absolute atomic E-state index is 0.285. The number of benzene rings is 1. The number of carbonyl (C=O) groups is 1. The van der Waals surface area contributed by atoms with Crippen molar-refractivity contribution in [2.24, 2.45) is 0 Å². The summed E-state index contributed by atoms with van der Waals surface area (Å²) >= 11 is 1.00. The molecule has 3 N–H and O–H groups in total. The molecule has 0 atom stereocenters. The molecule has 1 aromatic carbocycles. The zero-order chi connectivity index (χ0) is 18.3. The van der Waals surface area contributed by atoms with Gasteiger partial charge in [-0.05, 0) is 74.6 Å². The Hall–Kier alpha value is -1.99. The third-order valence-electron chi connectivity index (χ3n) is 5.05. The number of urea groups is 1. The summed E-state index contributed by atoms with van der Waals surface area (Å²) < 4.78 is 8.01. The average molecular weight is 373 g/mol. The van der Waals surface area contributed by atoms with Gasteiger partial charge in [-0.15, -0.1) is 0 Å². The third kappa shape index (κ3) is 3.33. The molecule has 1 aromatic heterocycles. The van der Waals surface area contributed by atoms with Gasteiger partial charge in [-0.25, -0.2) is 9.78 Å². The molecule has 0 aliphatic heterocycles. The van der Waals surface area contributed by atoms with Crippen LogP contribution in [-0.4, -0.2) is 16.1 Å². The van der Waals surface area contributed by atoms with Crippen molar-refractivity contribution < 1.29 is 14.3 Å². The van der Waals surface area contributed by atoms with Crippen LogP contribution in [0.25, 0.3) is 0 Å². The summed E-state index contributed by atoms with van der Waals surface area (Å²) in [4.78, 5) is 16.6. The highest BCUT2D eigenvalue weighted by molar-refractivity contribution is 7.97. The van der Waals surface area contributed by atoms with E-state index in [4.69, 9.17) is 4.42 Å². The second-order valence-electron chi connectivity index (χ2n) is 7.45. The van der Waals surface area contributed by atoms with E-state index in [2.05, 4.69) is 21.1 Å². The highest BCUT2D eigenvalue weighted by Gasteiger charge is 2.25. The summed E-state index contributed by atoms with van der Waals surface area (Å²) in [6, 6.07) is 2.06. The van der Waals surface area contributed by atoms with Gasteiger partial charge in [-0.2, -0.15) is 0 Å². The van der Waals surface area contributed by atoms with Crippen molar-refractivity contribution in [2.45, 2.75) is 63.2 Å². The van der Waals surface area contributed by atoms with Gasteiger partial charge < -0.3 is 14.8 Å². The monoisotopic (exact) mass is 373 g/mol. The molecule has 7 heteroatoms. The molecule has 2 aliphatic carbocycles. The predicted molar refractivity (Wildman–Crippen MR) is 100 cm³/mol. The van der Waals surface area contributed by atoms with E-state index in [1.807, 2.05) is 0 Å². The molecule has 2 aliphatic rings. The van der Waals surface area contributed by atoms with Crippen molar-refractivity contribution >= 4 is 23.7 Å². The number of aryl methyl sites for hydroxylation is 2. The van der Waals surface area contributed by atoms with E-state index in [0.29, 0.717) is 10.9 Å². The Balaban J connectivity index is 1.45. The number of oxazole rings is 1. The van der Waals surface area contributed by atoms with Crippen LogP contribution in [-0.2, 0) is 31.3 Å². The second-order valence-corrected chi connectivity index (χ2v) is 8.21. The summed E-state index contributed by atoms with van der Waals surface area (Å²) in [5, 5.41) is 13.3. The number of rotatable bonds is 4. The molecule has 0 unspecified atom stereocenters. The minimum atomic E-state index is -1.07. The molecule has 0 saturated carbocycles. The van der Waals surface area contributed by atoms with Crippen LogP contribution in [0.2, 0.25) is 0 Å². The van der Waals surface area contributed by atoms with Crippen LogP contribution < -0.4 is 10.0 Å². The van der Waals surface area contributed by atoms with E-state index < -0.39 is 5.60 Å². The summed E-state index contributed by atoms with van der Waals surface area (Å²) in [6.45, 7) is 3.27. The second kappa shape index (κ2) is 6.63. The first kappa shape index (κ1) is 17.4. The molecule has 26 heavy (non-hydrogen) atoms. The number of fused-ring (bicyclic) bond motifs is 2. The Morgan fingerprint density at radius 2 is 1.85 bits per heavy atom. The molecule has 4 rings (SSSR count). The fourth-order valence-electron chi connectivity index (χ4n) is 3.78. The first-order chi connectivity index (χ1) is 12.4. The van der Waals surface area contributed by atoms with Gasteiger partial charge in [-0.3, -0.25) is 4.72 Å². The first-order valence-electron chi connectivity index (χ1n) is 9.00. The normalized spacial score (nSPS) is 15.7. The number of amides is 2. The molecule has 138 valence electrons. The molecule has 6 nitrogen and oxygen atoms in total. The molecule has 0 bridgehead atoms. The summed E-state index contributed by atoms with van der Waals surface area (Å²) in [6.07, 6.45) is 7.96. The molecule has 0 fully saturated rings. The Bertz CT molecular complexity index is 822. The minimum Gasteiger partial charge on any atom is -0.438 e. The first-order valence-corrected chi connectivity index (χ1v) is 9.82. The van der Waals surface area contributed by atoms with Gasteiger partial charge in [0, 0.05) is 17.6 Å². The third-order valence-corrected chi connectivity index (χ3v) is 5.70. The number of anilines is 1. The molecule has 0 saturated heterocycles. The Morgan fingerprint density at radius 1 is 1.19 bits per heavy atom. The number of nitrogens with zero attached hydrogens (tertiary/aromatic N) is 1. The maximum absolute atomic E-state index is 12.4. The number of aliphatic hydroxyl groups is 1. The molecule has 0 spiro atoms. The summed E-state index contributed by atoms with van der Waals surface area (Å²) in [5.74, 6) is 0. The summed E-state index contributed by atoms with van der Waals surface area (Å²) in [7, 11) is 0. The molecular weight excluding hydrogens is 350 g/mol. The molecule has 0 radical (unpaired) electrons. The van der Waals surface area contributed by atoms with Crippen LogP contribution in [0.15, 0.2) is 22.0 Å². The Morgan fingerprint density at radius 3 is 2.42 bits per heavy atom. The van der Waals surface area contributed by atoms with E-state index in [9.17, 15) is 9.90 Å². The van der Waals surface area contributed by atoms with Crippen LogP contribution in [0.3, 0.4) is 0 Å². The largest absolute Gasteiger partial charge is 0.438 e. The number of aromatic nitrogens is 1. The van der Waals surface area contributed by atoms with Gasteiger partial charge >= 0.3 is 6.03 Å². The lowest BCUT2D eigenvalue weighted by Crippen LogP contribution is -2.24. The maximum Gasteiger partial charge on any atom is 0.329 e. The predicted octanol–water partition coefficient (Wildman–Crippen LogP) is 3.71. The number of hydrogen-bond acceptors (Lipinski definition) is 5. The fraction of sp³-hybridized carbons (Fsp3) is 0.474. The molecule has 1 heterocycles. The van der Waals surface area contributed by atoms with Crippen molar-refractivity contribution in [3.63, 3.8) is 0 Å². The maximum atomic E-state index is 12.4. The zero-order valence-corrected chi connectivity index (χ0v) is 15.8. The van der Waals surface area contributed by atoms with Gasteiger partial charge in [0.2, 0.25) is 0 Å². The average Bonchev–Trinajstić information content (AvgIpc) is 3.31. The van der Waals surface area contributed by atoms with E-state index in [1.165, 1.54) is 28.5 Å². The van der Waals surface area contributed by atoms with Crippen LogP contribution in [0, 0.1) is 0 Å². The van der Waals surface area contributed by atoms with Gasteiger partial charge in [0.15, 0.2) is 0 Å². The van der Waals surface area contributed by atoms with Gasteiger partial charge in [0.25, 0.3) is 5.22 Å². The van der Waals surface area contributed by atoms with Crippen molar-refractivity contribution in [3.05, 3.63) is 40.3 Å². The zero-order valence-electron chi connectivity index (χ0n) is 15.0. The quantitative estimate of drug-likeness (QED) is 0.711. The lowest BCUT2D eigenvalue weighted by Gasteiger charge is -2.16. The lowest BCUT2D eigenvalue weighted by atomic mass is 9.99. The molecule has 2 amide bonds. The Labute approximate surface area is 156 Å². The van der Waals surface area contributed by atoms with Gasteiger partial charge in [-0.1, -0.05) is 6.07 Å². The van der Waals surface area contributed by atoms with Gasteiger partial charge in [0.05, 0.1) is 0 Å². The highest BCUT2D eigenvalue weighted by Crippen LogP contribution is 2.38. The molecular formula is C19H23N3O3S. The number of hydrogen-bond donors (Lipinski definition) is 3. The molecule has 2 aromatic rings. The SMILES string of the molecule is CC(C)(O)c1coc(SNC(=O)Nc2c3c(cc4c2CCC4)CCC3)n1. The van der Waals surface area contributed by atoms with Crippen LogP contribution >= 0.6 is 11.9 Å². The fourth-order valence-corrected chi connectivity index (χ4v) is 4.25. The number of carbonyl (C=O) groups excluding carboxylic acids is 1. The van der Waals surface area contributed by atoms with Crippen LogP contribution in [0.4, 0.5) is 10.5 Å². The van der Waals surface area contributed by atoms with Crippen molar-refractivity contribution in [2.75, 3.05) is 5.32 Å². The summed E-state index contributed by atoms with van der Waals surface area (Å²) in [5.41, 5.74) is 5.73.